The number of carbonyl (C=O) groups excluding carboxylic acids is 2. The molecule has 2 amide bonds. The Labute approximate surface area is 148 Å². The third-order valence-electron chi connectivity index (χ3n) is 3.94. The summed E-state index contributed by atoms with van der Waals surface area (Å²) in [5, 5.41) is 11.8. The molecule has 0 bridgehead atoms. The van der Waals surface area contributed by atoms with Gasteiger partial charge < -0.3 is 10.2 Å². The molecule has 1 unspecified atom stereocenters. The van der Waals surface area contributed by atoms with Crippen molar-refractivity contribution in [2.75, 3.05) is 16.8 Å². The molecule has 1 heterocycles. The molecular weight excluding hydrogens is 370 g/mol. The number of hydrogen-bond acceptors (Lipinski definition) is 3. The molecule has 0 aromatic heterocycles. The van der Waals surface area contributed by atoms with E-state index in [-0.39, 0.29) is 18.2 Å². The lowest BCUT2D eigenvalue weighted by Crippen LogP contribution is -2.28. The number of benzene rings is 2. The summed E-state index contributed by atoms with van der Waals surface area (Å²) in [7, 11) is 0. The lowest BCUT2D eigenvalue weighted by atomic mass is 10.1. The first kappa shape index (κ1) is 16.2. The number of nitrogens with zero attached hydrogens (tertiary/aromatic N) is 2. The van der Waals surface area contributed by atoms with Crippen molar-refractivity contribution in [3.8, 4) is 6.07 Å². The lowest BCUT2D eigenvalue weighted by molar-refractivity contribution is -0.122. The van der Waals surface area contributed by atoms with E-state index in [0.29, 0.717) is 17.8 Å². The highest BCUT2D eigenvalue weighted by Gasteiger charge is 2.35. The molecule has 3 rings (SSSR count). The lowest BCUT2D eigenvalue weighted by Gasteiger charge is -2.17. The van der Waals surface area contributed by atoms with Crippen LogP contribution in [0.5, 0.6) is 0 Å². The molecule has 1 atom stereocenters. The average molecular weight is 384 g/mol. The summed E-state index contributed by atoms with van der Waals surface area (Å²) in [5.74, 6) is -0.760. The minimum absolute atomic E-state index is 0.0777. The quantitative estimate of drug-likeness (QED) is 0.883. The summed E-state index contributed by atoms with van der Waals surface area (Å²) in [6.45, 7) is 0.334. The maximum atomic E-state index is 12.5. The topological polar surface area (TPSA) is 73.2 Å². The minimum Gasteiger partial charge on any atom is -0.325 e. The van der Waals surface area contributed by atoms with Gasteiger partial charge in [0.05, 0.1) is 17.2 Å². The normalized spacial score (nSPS) is 16.8. The van der Waals surface area contributed by atoms with E-state index in [1.54, 1.807) is 29.2 Å². The Morgan fingerprint density at radius 3 is 2.62 bits per heavy atom. The van der Waals surface area contributed by atoms with Crippen molar-refractivity contribution in [1.29, 1.82) is 5.26 Å². The molecule has 1 fully saturated rings. The highest BCUT2D eigenvalue weighted by Crippen LogP contribution is 2.27. The van der Waals surface area contributed by atoms with Gasteiger partial charge in [-0.3, -0.25) is 9.59 Å². The standard InChI is InChI=1S/C18H14BrN3O2/c19-14-5-7-15(8-6-14)22-11-13(9-17(22)23)18(24)21-16-4-2-1-3-12(16)10-20/h1-8,13H,9,11H2,(H,21,24). The van der Waals surface area contributed by atoms with Crippen LogP contribution in [0.3, 0.4) is 0 Å². The van der Waals surface area contributed by atoms with Crippen molar-refractivity contribution < 1.29 is 9.59 Å². The second-order valence-corrected chi connectivity index (χ2v) is 6.44. The first-order valence-electron chi connectivity index (χ1n) is 7.44. The summed E-state index contributed by atoms with van der Waals surface area (Å²) in [4.78, 5) is 26.3. The average Bonchev–Trinajstić information content (AvgIpc) is 2.98. The fourth-order valence-electron chi connectivity index (χ4n) is 2.68. The van der Waals surface area contributed by atoms with E-state index in [2.05, 4.69) is 21.2 Å². The number of anilines is 2. The van der Waals surface area contributed by atoms with Crippen LogP contribution in [0.15, 0.2) is 53.0 Å². The second-order valence-electron chi connectivity index (χ2n) is 5.53. The van der Waals surface area contributed by atoms with Crippen LogP contribution in [-0.4, -0.2) is 18.4 Å². The van der Waals surface area contributed by atoms with E-state index in [1.807, 2.05) is 30.3 Å². The van der Waals surface area contributed by atoms with E-state index >= 15 is 0 Å². The smallest absolute Gasteiger partial charge is 0.229 e. The van der Waals surface area contributed by atoms with Crippen LogP contribution in [0.25, 0.3) is 0 Å². The Balaban J connectivity index is 1.72. The number of carbonyl (C=O) groups is 2. The molecule has 1 aliphatic rings. The van der Waals surface area contributed by atoms with Gasteiger partial charge >= 0.3 is 0 Å². The zero-order valence-electron chi connectivity index (χ0n) is 12.7. The Hall–Kier alpha value is -2.65. The molecule has 0 radical (unpaired) electrons. The van der Waals surface area contributed by atoms with Crippen LogP contribution in [0.4, 0.5) is 11.4 Å². The number of nitrogens with one attached hydrogen (secondary N) is 1. The summed E-state index contributed by atoms with van der Waals surface area (Å²) in [6, 6.07) is 16.3. The summed E-state index contributed by atoms with van der Waals surface area (Å²) in [6.07, 6.45) is 0.163. The molecule has 0 saturated carbocycles. The number of hydrogen-bond donors (Lipinski definition) is 1. The molecule has 1 aliphatic heterocycles. The van der Waals surface area contributed by atoms with Crippen molar-refractivity contribution in [1.82, 2.24) is 0 Å². The van der Waals surface area contributed by atoms with Crippen molar-refractivity contribution in [3.63, 3.8) is 0 Å². The Bertz CT molecular complexity index is 827. The first-order chi connectivity index (χ1) is 11.6. The molecule has 0 aliphatic carbocycles. The van der Waals surface area contributed by atoms with Crippen LogP contribution in [0, 0.1) is 17.2 Å². The van der Waals surface area contributed by atoms with E-state index in [1.165, 1.54) is 0 Å². The van der Waals surface area contributed by atoms with Crippen LogP contribution in [0.2, 0.25) is 0 Å². The highest BCUT2D eigenvalue weighted by atomic mass is 79.9. The van der Waals surface area contributed by atoms with Gasteiger partial charge in [0, 0.05) is 23.1 Å². The SMILES string of the molecule is N#Cc1ccccc1NC(=O)C1CC(=O)N(c2ccc(Br)cc2)C1. The maximum absolute atomic E-state index is 12.5. The summed E-state index contributed by atoms with van der Waals surface area (Å²) in [5.41, 5.74) is 1.65. The summed E-state index contributed by atoms with van der Waals surface area (Å²) < 4.78 is 0.931. The number of nitriles is 1. The van der Waals surface area contributed by atoms with E-state index in [4.69, 9.17) is 5.26 Å². The Morgan fingerprint density at radius 1 is 1.21 bits per heavy atom. The number of para-hydroxylation sites is 1. The van der Waals surface area contributed by atoms with E-state index in [0.717, 1.165) is 10.2 Å². The molecule has 1 N–H and O–H groups in total. The van der Waals surface area contributed by atoms with Crippen molar-refractivity contribution in [2.45, 2.75) is 6.42 Å². The monoisotopic (exact) mass is 383 g/mol. The van der Waals surface area contributed by atoms with Crippen molar-refractivity contribution >= 4 is 39.1 Å². The zero-order chi connectivity index (χ0) is 17.1. The fourth-order valence-corrected chi connectivity index (χ4v) is 2.94. The minimum atomic E-state index is -0.437. The van der Waals surface area contributed by atoms with Crippen LogP contribution >= 0.6 is 15.9 Å². The molecular formula is C18H14BrN3O2. The van der Waals surface area contributed by atoms with Gasteiger partial charge in [0.25, 0.3) is 0 Å². The van der Waals surface area contributed by atoms with E-state index < -0.39 is 5.92 Å². The largest absolute Gasteiger partial charge is 0.325 e. The van der Waals surface area contributed by atoms with Gasteiger partial charge in [-0.15, -0.1) is 0 Å². The molecule has 0 spiro atoms. The second kappa shape index (κ2) is 6.85. The molecule has 5 nitrogen and oxygen atoms in total. The van der Waals surface area contributed by atoms with Gasteiger partial charge in [-0.25, -0.2) is 0 Å². The Morgan fingerprint density at radius 2 is 1.92 bits per heavy atom. The molecule has 120 valence electrons. The van der Waals surface area contributed by atoms with Gasteiger partial charge in [0.15, 0.2) is 0 Å². The first-order valence-corrected chi connectivity index (χ1v) is 8.23. The molecule has 2 aromatic rings. The van der Waals surface area contributed by atoms with Gasteiger partial charge in [-0.05, 0) is 36.4 Å². The number of halogens is 1. The zero-order valence-corrected chi connectivity index (χ0v) is 14.3. The van der Waals surface area contributed by atoms with Gasteiger partial charge in [-0.2, -0.15) is 5.26 Å². The van der Waals surface area contributed by atoms with Gasteiger partial charge in [-0.1, -0.05) is 28.1 Å². The highest BCUT2D eigenvalue weighted by molar-refractivity contribution is 9.10. The molecule has 6 heteroatoms. The van der Waals surface area contributed by atoms with Gasteiger partial charge in [0.1, 0.15) is 6.07 Å². The number of rotatable bonds is 3. The van der Waals surface area contributed by atoms with Crippen LogP contribution in [-0.2, 0) is 9.59 Å². The van der Waals surface area contributed by atoms with Crippen molar-refractivity contribution in [2.24, 2.45) is 5.92 Å². The van der Waals surface area contributed by atoms with Crippen LogP contribution in [0.1, 0.15) is 12.0 Å². The fraction of sp³-hybridized carbons (Fsp3) is 0.167. The predicted octanol–water partition coefficient (Wildman–Crippen LogP) is 3.31. The maximum Gasteiger partial charge on any atom is 0.229 e. The third-order valence-corrected chi connectivity index (χ3v) is 4.47. The Kier molecular flexibility index (Phi) is 4.63. The molecule has 24 heavy (non-hydrogen) atoms. The van der Waals surface area contributed by atoms with Crippen LogP contribution < -0.4 is 10.2 Å². The molecule has 2 aromatic carbocycles. The summed E-state index contributed by atoms with van der Waals surface area (Å²) >= 11 is 3.36. The van der Waals surface area contributed by atoms with Crippen molar-refractivity contribution in [3.05, 3.63) is 58.6 Å². The van der Waals surface area contributed by atoms with Gasteiger partial charge in [0.2, 0.25) is 11.8 Å². The molecule has 1 saturated heterocycles. The third kappa shape index (κ3) is 3.31. The predicted molar refractivity (Wildman–Crippen MR) is 94.4 cm³/mol. The van der Waals surface area contributed by atoms with E-state index in [9.17, 15) is 9.59 Å². The number of amides is 2.